The van der Waals surface area contributed by atoms with Crippen molar-refractivity contribution in [1.29, 1.82) is 0 Å². The maximum atomic E-state index is 12.9. The Hall–Kier alpha value is -1.69. The molecule has 0 bridgehead atoms. The van der Waals surface area contributed by atoms with E-state index >= 15 is 0 Å². The second-order valence-electron chi connectivity index (χ2n) is 6.94. The van der Waals surface area contributed by atoms with E-state index in [1.54, 1.807) is 27.7 Å². The Morgan fingerprint density at radius 3 is 2.12 bits per heavy atom. The molecule has 6 nitrogen and oxygen atoms in total. The molecule has 1 aromatic heterocycles. The van der Waals surface area contributed by atoms with Crippen LogP contribution in [0.25, 0.3) is 0 Å². The van der Waals surface area contributed by atoms with Crippen molar-refractivity contribution in [1.82, 2.24) is 9.55 Å². The average Bonchev–Trinajstić information content (AvgIpc) is 2.67. The van der Waals surface area contributed by atoms with Gasteiger partial charge in [-0.15, -0.1) is 0 Å². The minimum Gasteiger partial charge on any atom is -0.458 e. The van der Waals surface area contributed by atoms with Crippen molar-refractivity contribution in [2.24, 2.45) is 7.05 Å². The summed E-state index contributed by atoms with van der Waals surface area (Å²) in [5.74, 6) is -5.07. The summed E-state index contributed by atoms with van der Waals surface area (Å²) in [5, 5.41) is 0. The predicted octanol–water partition coefficient (Wildman–Crippen LogP) is 1.66. The monoisotopic (exact) mass is 384 g/mol. The lowest BCUT2D eigenvalue weighted by Crippen LogP contribution is -2.48. The Morgan fingerprint density at radius 1 is 1.15 bits per heavy atom. The zero-order valence-corrected chi connectivity index (χ0v) is 14.8. The van der Waals surface area contributed by atoms with Gasteiger partial charge in [0.25, 0.3) is 11.6 Å². The molecule has 0 unspecified atom stereocenters. The Balaban J connectivity index is 2.24. The van der Waals surface area contributed by atoms with Gasteiger partial charge in [0.1, 0.15) is 0 Å². The molecule has 146 valence electrons. The van der Waals surface area contributed by atoms with Crippen LogP contribution in [0.2, 0.25) is 0 Å². The van der Waals surface area contributed by atoms with Crippen LogP contribution >= 0.6 is 0 Å². The van der Waals surface area contributed by atoms with Crippen LogP contribution in [-0.2, 0) is 16.4 Å². The number of hydrogen-bond donors (Lipinski definition) is 0. The molecule has 1 aromatic rings. The molecule has 0 radical (unpaired) electrons. The summed E-state index contributed by atoms with van der Waals surface area (Å²) in [6, 6.07) is -0.681. The van der Waals surface area contributed by atoms with E-state index in [1.807, 2.05) is 0 Å². The first-order valence-electron chi connectivity index (χ1n) is 7.58. The van der Waals surface area contributed by atoms with Crippen LogP contribution in [0.4, 0.5) is 22.0 Å². The van der Waals surface area contributed by atoms with Crippen LogP contribution in [0.3, 0.4) is 0 Å². The molecule has 26 heavy (non-hydrogen) atoms. The summed E-state index contributed by atoms with van der Waals surface area (Å²) in [6.45, 7) is 5.07. The van der Waals surface area contributed by atoms with E-state index in [9.17, 15) is 26.7 Å². The molecule has 1 saturated heterocycles. The highest BCUT2D eigenvalue weighted by Crippen LogP contribution is 2.37. The SMILES string of the molecule is Cn1c(OCC(F)(F)C(F)(F)F)ncc(B2OC(C)(C)C(C)(C)O2)c1=O. The molecule has 0 N–H and O–H groups in total. The zero-order valence-electron chi connectivity index (χ0n) is 14.8. The van der Waals surface area contributed by atoms with Crippen LogP contribution in [0.15, 0.2) is 11.0 Å². The third-order valence-corrected chi connectivity index (χ3v) is 4.46. The number of ether oxygens (including phenoxy) is 1. The third kappa shape index (κ3) is 3.57. The van der Waals surface area contributed by atoms with E-state index in [4.69, 9.17) is 9.31 Å². The van der Waals surface area contributed by atoms with Gasteiger partial charge in [-0.05, 0) is 27.7 Å². The minimum atomic E-state index is -5.77. The van der Waals surface area contributed by atoms with Crippen molar-refractivity contribution in [2.45, 2.75) is 51.0 Å². The third-order valence-electron chi connectivity index (χ3n) is 4.46. The molecule has 0 amide bonds. The molecule has 12 heteroatoms. The molecular weight excluding hydrogens is 366 g/mol. The Bertz CT molecular complexity index is 732. The van der Waals surface area contributed by atoms with Crippen LogP contribution in [-0.4, -0.2) is 46.6 Å². The van der Waals surface area contributed by atoms with Crippen molar-refractivity contribution in [3.05, 3.63) is 16.6 Å². The maximum absolute atomic E-state index is 12.9. The second-order valence-corrected chi connectivity index (χ2v) is 6.94. The molecule has 1 aliphatic heterocycles. The van der Waals surface area contributed by atoms with E-state index < -0.39 is 48.6 Å². The van der Waals surface area contributed by atoms with Gasteiger partial charge in [-0.2, -0.15) is 22.0 Å². The van der Waals surface area contributed by atoms with Crippen LogP contribution in [0.1, 0.15) is 27.7 Å². The highest BCUT2D eigenvalue weighted by molar-refractivity contribution is 6.61. The summed E-state index contributed by atoms with van der Waals surface area (Å²) in [5.41, 5.74) is -2.23. The smallest absolute Gasteiger partial charge is 0.458 e. The number of nitrogens with zero attached hydrogens (tertiary/aromatic N) is 2. The molecular formula is C14H18BF5N2O4. The normalized spacial score (nSPS) is 19.7. The molecule has 1 aliphatic rings. The van der Waals surface area contributed by atoms with Gasteiger partial charge in [0.05, 0.1) is 16.7 Å². The fourth-order valence-electron chi connectivity index (χ4n) is 2.05. The topological polar surface area (TPSA) is 62.6 Å². The number of halogens is 5. The van der Waals surface area contributed by atoms with E-state index in [1.165, 1.54) is 0 Å². The van der Waals surface area contributed by atoms with E-state index in [0.717, 1.165) is 13.2 Å². The predicted molar refractivity (Wildman–Crippen MR) is 81.7 cm³/mol. The number of hydrogen-bond acceptors (Lipinski definition) is 5. The minimum absolute atomic E-state index is 0.0268. The van der Waals surface area contributed by atoms with Gasteiger partial charge >= 0.3 is 19.2 Å². The van der Waals surface area contributed by atoms with Gasteiger partial charge in [0.15, 0.2) is 6.61 Å². The fraction of sp³-hybridized carbons (Fsp3) is 0.714. The van der Waals surface area contributed by atoms with Crippen molar-refractivity contribution in [2.75, 3.05) is 6.61 Å². The first-order valence-corrected chi connectivity index (χ1v) is 7.58. The van der Waals surface area contributed by atoms with Crippen LogP contribution < -0.4 is 15.8 Å². The highest BCUT2D eigenvalue weighted by atomic mass is 19.4. The zero-order chi connectivity index (χ0) is 20.1. The Kier molecular flexibility index (Phi) is 4.91. The maximum Gasteiger partial charge on any atom is 0.502 e. The Labute approximate surface area is 146 Å². The molecule has 0 aromatic carbocycles. The van der Waals surface area contributed by atoms with Gasteiger partial charge in [-0.25, -0.2) is 4.98 Å². The Morgan fingerprint density at radius 2 is 1.65 bits per heavy atom. The summed E-state index contributed by atoms with van der Waals surface area (Å²) in [6.07, 6.45) is -4.79. The molecule has 0 atom stereocenters. The molecule has 2 rings (SSSR count). The van der Waals surface area contributed by atoms with Crippen LogP contribution in [0, 0.1) is 0 Å². The molecule has 0 saturated carbocycles. The van der Waals surface area contributed by atoms with E-state index in [2.05, 4.69) is 9.72 Å². The van der Waals surface area contributed by atoms with Gasteiger partial charge in [0.2, 0.25) is 0 Å². The van der Waals surface area contributed by atoms with Crippen molar-refractivity contribution in [3.8, 4) is 6.01 Å². The van der Waals surface area contributed by atoms with Crippen molar-refractivity contribution < 1.29 is 36.0 Å². The number of rotatable bonds is 4. The number of aromatic nitrogens is 2. The first kappa shape index (κ1) is 20.6. The lowest BCUT2D eigenvalue weighted by molar-refractivity contribution is -0.290. The largest absolute Gasteiger partial charge is 0.502 e. The number of alkyl halides is 5. The lowest BCUT2D eigenvalue weighted by Gasteiger charge is -2.32. The van der Waals surface area contributed by atoms with Gasteiger partial charge in [-0.3, -0.25) is 9.36 Å². The van der Waals surface area contributed by atoms with Crippen molar-refractivity contribution >= 4 is 12.6 Å². The molecule has 1 fully saturated rings. The summed E-state index contributed by atoms with van der Waals surface area (Å²) >= 11 is 0. The first-order chi connectivity index (χ1) is 11.6. The standard InChI is InChI=1S/C14H18BF5N2O4/c1-11(2)12(3,4)26-15(25-11)8-6-21-10(22(5)9(8)23)24-7-13(16,17)14(18,19)20/h6H,7H2,1-5H3. The van der Waals surface area contributed by atoms with E-state index in [0.29, 0.717) is 4.57 Å². The molecule has 0 spiro atoms. The van der Waals surface area contributed by atoms with Gasteiger partial charge < -0.3 is 14.0 Å². The lowest BCUT2D eigenvalue weighted by atomic mass is 9.81. The summed E-state index contributed by atoms with van der Waals surface area (Å²) in [7, 11) is 0.0716. The van der Waals surface area contributed by atoms with E-state index in [-0.39, 0.29) is 5.46 Å². The van der Waals surface area contributed by atoms with Gasteiger partial charge in [0, 0.05) is 13.2 Å². The van der Waals surface area contributed by atoms with Crippen molar-refractivity contribution in [3.63, 3.8) is 0 Å². The molecule has 0 aliphatic carbocycles. The summed E-state index contributed by atoms with van der Waals surface area (Å²) in [4.78, 5) is 16.0. The second kappa shape index (κ2) is 6.19. The average molecular weight is 384 g/mol. The summed E-state index contributed by atoms with van der Waals surface area (Å²) < 4.78 is 78.9. The fourth-order valence-corrected chi connectivity index (χ4v) is 2.05. The molecule has 2 heterocycles. The quantitative estimate of drug-likeness (QED) is 0.584. The van der Waals surface area contributed by atoms with Crippen LogP contribution in [0.5, 0.6) is 6.01 Å². The highest BCUT2D eigenvalue weighted by Gasteiger charge is 2.58. The van der Waals surface area contributed by atoms with Gasteiger partial charge in [-0.1, -0.05) is 0 Å².